The first-order chi connectivity index (χ1) is 9.99. The fourth-order valence-electron chi connectivity index (χ4n) is 2.73. The summed E-state index contributed by atoms with van der Waals surface area (Å²) in [6.45, 7) is 4.98. The average Bonchev–Trinajstić information content (AvgIpc) is 2.48. The van der Waals surface area contributed by atoms with Gasteiger partial charge in [0.05, 0.1) is 8.07 Å². The minimum atomic E-state index is -1.31. The van der Waals surface area contributed by atoms with Crippen LogP contribution >= 0.6 is 0 Å². The van der Waals surface area contributed by atoms with E-state index in [0.717, 1.165) is 0 Å². The minimum Gasteiger partial charge on any atom is -0.378 e. The number of benzene rings is 2. The second-order valence-electron chi connectivity index (χ2n) is 6.66. The number of hydrogen-bond donors (Lipinski definition) is 0. The second kappa shape index (κ2) is 6.95. The molecule has 0 radical (unpaired) electrons. The molecule has 0 aromatic heterocycles. The van der Waals surface area contributed by atoms with Crippen LogP contribution in [0.1, 0.15) is 12.0 Å². The summed E-state index contributed by atoms with van der Waals surface area (Å²) in [5.41, 5.74) is 2.75. The third-order valence-electron chi connectivity index (χ3n) is 4.28. The van der Waals surface area contributed by atoms with E-state index in [1.807, 2.05) is 0 Å². The molecule has 0 saturated heterocycles. The molecule has 112 valence electrons. The average molecular weight is 298 g/mol. The number of aryl methyl sites for hydroxylation is 1. The molecule has 0 fully saturated rings. The zero-order valence-corrected chi connectivity index (χ0v) is 14.8. The molecule has 0 N–H and O–H groups in total. The van der Waals surface area contributed by atoms with Crippen molar-refractivity contribution in [3.63, 3.8) is 0 Å². The predicted molar refractivity (Wildman–Crippen MR) is 97.5 cm³/mol. The Labute approximate surface area is 130 Å². The van der Waals surface area contributed by atoms with Crippen LogP contribution in [0.2, 0.25) is 19.1 Å². The molecular weight excluding hydrogens is 270 g/mol. The molecule has 0 aliphatic rings. The van der Waals surface area contributed by atoms with Gasteiger partial charge in [0.15, 0.2) is 0 Å². The predicted octanol–water partition coefficient (Wildman–Crippen LogP) is 4.30. The molecule has 0 amide bonds. The maximum atomic E-state index is 2.49. The van der Waals surface area contributed by atoms with Crippen LogP contribution in [0.5, 0.6) is 0 Å². The van der Waals surface area contributed by atoms with Gasteiger partial charge in [-0.1, -0.05) is 73.2 Å². The topological polar surface area (TPSA) is 3.24 Å². The van der Waals surface area contributed by atoms with E-state index in [1.165, 1.54) is 30.1 Å². The Morgan fingerprint density at radius 3 is 2.05 bits per heavy atom. The van der Waals surface area contributed by atoms with Gasteiger partial charge >= 0.3 is 0 Å². The molecule has 0 bridgehead atoms. The molecule has 2 rings (SSSR count). The number of nitrogens with zero attached hydrogens (tertiary/aromatic N) is 1. The molecule has 1 nitrogen and oxygen atoms in total. The normalized spacial score (nSPS) is 11.4. The Morgan fingerprint density at radius 1 is 0.857 bits per heavy atom. The van der Waals surface area contributed by atoms with Crippen LogP contribution in [0.3, 0.4) is 0 Å². The van der Waals surface area contributed by atoms with E-state index in [9.17, 15) is 0 Å². The summed E-state index contributed by atoms with van der Waals surface area (Å²) in [6, 6.07) is 21.4. The Morgan fingerprint density at radius 2 is 1.48 bits per heavy atom. The third-order valence-corrected chi connectivity index (χ3v) is 7.78. The quantitative estimate of drug-likeness (QED) is 0.719. The van der Waals surface area contributed by atoms with E-state index in [-0.39, 0.29) is 0 Å². The van der Waals surface area contributed by atoms with E-state index in [0.29, 0.717) is 0 Å². The van der Waals surface area contributed by atoms with E-state index in [2.05, 4.69) is 86.7 Å². The molecule has 0 spiro atoms. The summed E-state index contributed by atoms with van der Waals surface area (Å²) >= 11 is 0. The molecule has 0 saturated carbocycles. The molecule has 21 heavy (non-hydrogen) atoms. The second-order valence-corrected chi connectivity index (χ2v) is 11.5. The smallest absolute Gasteiger partial charge is 0.0806 e. The Balaban J connectivity index is 1.94. The lowest BCUT2D eigenvalue weighted by molar-refractivity contribution is 0.904. The van der Waals surface area contributed by atoms with Crippen molar-refractivity contribution >= 4 is 18.9 Å². The van der Waals surface area contributed by atoms with Crippen LogP contribution in [0.25, 0.3) is 0 Å². The van der Waals surface area contributed by atoms with Crippen molar-refractivity contribution in [3.8, 4) is 0 Å². The van der Waals surface area contributed by atoms with E-state index >= 15 is 0 Å². The van der Waals surface area contributed by atoms with Gasteiger partial charge < -0.3 is 4.90 Å². The van der Waals surface area contributed by atoms with Crippen LogP contribution in [0.15, 0.2) is 54.6 Å². The minimum absolute atomic E-state index is 1.20. The molecule has 0 atom stereocenters. The van der Waals surface area contributed by atoms with Gasteiger partial charge in [-0.2, -0.15) is 0 Å². The molecule has 2 aromatic carbocycles. The van der Waals surface area contributed by atoms with Gasteiger partial charge in [-0.05, 0) is 24.1 Å². The molecule has 0 aliphatic heterocycles. The van der Waals surface area contributed by atoms with Crippen molar-refractivity contribution in [1.29, 1.82) is 0 Å². The van der Waals surface area contributed by atoms with E-state index < -0.39 is 8.07 Å². The molecule has 0 aliphatic carbocycles. The third kappa shape index (κ3) is 4.47. The van der Waals surface area contributed by atoms with Crippen LogP contribution in [0.4, 0.5) is 5.69 Å². The summed E-state index contributed by atoms with van der Waals surface area (Å²) < 4.78 is 0. The van der Waals surface area contributed by atoms with Crippen LogP contribution in [-0.4, -0.2) is 22.2 Å². The first-order valence-electron chi connectivity index (χ1n) is 7.81. The van der Waals surface area contributed by atoms with Gasteiger partial charge in [0.2, 0.25) is 0 Å². The van der Waals surface area contributed by atoms with E-state index in [1.54, 1.807) is 5.19 Å². The van der Waals surface area contributed by atoms with Crippen LogP contribution in [0, 0.1) is 0 Å². The summed E-state index contributed by atoms with van der Waals surface area (Å²) in [5.74, 6) is 0. The van der Waals surface area contributed by atoms with Crippen molar-refractivity contribution in [2.75, 3.05) is 19.0 Å². The summed E-state index contributed by atoms with van der Waals surface area (Å²) in [4.78, 5) is 2.16. The van der Waals surface area contributed by atoms with E-state index in [4.69, 9.17) is 0 Å². The Hall–Kier alpha value is -1.54. The SMILES string of the molecule is CN(C)c1ccc([Si](C)(C)CCCc2ccccc2)cc1. The van der Waals surface area contributed by atoms with Gasteiger partial charge in [-0.25, -0.2) is 0 Å². The summed E-state index contributed by atoms with van der Waals surface area (Å²) in [7, 11) is 2.88. The fraction of sp³-hybridized carbons (Fsp3) is 0.368. The first kappa shape index (κ1) is 15.8. The van der Waals surface area contributed by atoms with Crippen molar-refractivity contribution in [2.24, 2.45) is 0 Å². The maximum Gasteiger partial charge on any atom is 0.0806 e. The van der Waals surface area contributed by atoms with Crippen LogP contribution in [-0.2, 0) is 6.42 Å². The molecular formula is C19H27NSi. The lowest BCUT2D eigenvalue weighted by Gasteiger charge is -2.24. The monoisotopic (exact) mass is 297 g/mol. The zero-order valence-electron chi connectivity index (χ0n) is 13.8. The van der Waals surface area contributed by atoms with Crippen molar-refractivity contribution in [1.82, 2.24) is 0 Å². The van der Waals surface area contributed by atoms with Crippen molar-refractivity contribution in [2.45, 2.75) is 32.0 Å². The van der Waals surface area contributed by atoms with Gasteiger partial charge in [-0.3, -0.25) is 0 Å². The van der Waals surface area contributed by atoms with Crippen molar-refractivity contribution in [3.05, 3.63) is 60.2 Å². The fourth-order valence-corrected chi connectivity index (χ4v) is 5.15. The molecule has 0 unspecified atom stereocenters. The Kier molecular flexibility index (Phi) is 5.24. The number of rotatable bonds is 6. The maximum absolute atomic E-state index is 2.49. The summed E-state index contributed by atoms with van der Waals surface area (Å²) in [6.07, 6.45) is 2.49. The Bertz CT molecular complexity index is 544. The molecule has 0 heterocycles. The van der Waals surface area contributed by atoms with Gasteiger partial charge in [0, 0.05) is 19.8 Å². The van der Waals surface area contributed by atoms with Gasteiger partial charge in [-0.15, -0.1) is 0 Å². The van der Waals surface area contributed by atoms with Crippen LogP contribution < -0.4 is 10.1 Å². The summed E-state index contributed by atoms with van der Waals surface area (Å²) in [5, 5.41) is 1.57. The largest absolute Gasteiger partial charge is 0.378 e. The number of anilines is 1. The zero-order chi connectivity index (χ0) is 15.3. The standard InChI is InChI=1S/C19H27NSi/c1-20(2)18-12-14-19(15-13-18)21(3,4)16-8-11-17-9-6-5-7-10-17/h5-7,9-10,12-15H,8,11,16H2,1-4H3. The highest BCUT2D eigenvalue weighted by molar-refractivity contribution is 6.89. The lowest BCUT2D eigenvalue weighted by atomic mass is 10.1. The first-order valence-corrected chi connectivity index (χ1v) is 11.0. The number of hydrogen-bond acceptors (Lipinski definition) is 1. The lowest BCUT2D eigenvalue weighted by Crippen LogP contribution is -2.41. The van der Waals surface area contributed by atoms with Gasteiger partial charge in [0.25, 0.3) is 0 Å². The highest BCUT2D eigenvalue weighted by Crippen LogP contribution is 2.17. The highest BCUT2D eigenvalue weighted by atomic mass is 28.3. The molecule has 2 aromatic rings. The van der Waals surface area contributed by atoms with Crippen molar-refractivity contribution < 1.29 is 0 Å². The van der Waals surface area contributed by atoms with Gasteiger partial charge in [0.1, 0.15) is 0 Å². The molecule has 2 heteroatoms. The highest BCUT2D eigenvalue weighted by Gasteiger charge is 2.22.